The van der Waals surface area contributed by atoms with Crippen molar-refractivity contribution >= 4 is 12.0 Å². The van der Waals surface area contributed by atoms with Crippen LogP contribution in [-0.2, 0) is 16.1 Å². The molecule has 2 heterocycles. The summed E-state index contributed by atoms with van der Waals surface area (Å²) in [6.07, 6.45) is 3.74. The molecule has 6 nitrogen and oxygen atoms in total. The van der Waals surface area contributed by atoms with Gasteiger partial charge in [-0.05, 0) is 64.5 Å². The van der Waals surface area contributed by atoms with Gasteiger partial charge >= 0.3 is 6.09 Å². The summed E-state index contributed by atoms with van der Waals surface area (Å²) in [6.45, 7) is 10.4. The Morgan fingerprint density at radius 1 is 1.07 bits per heavy atom. The predicted octanol–water partition coefficient (Wildman–Crippen LogP) is 3.66. The van der Waals surface area contributed by atoms with E-state index in [9.17, 15) is 9.59 Å². The smallest absolute Gasteiger partial charge is 0.410 e. The Balaban J connectivity index is 1.43. The van der Waals surface area contributed by atoms with E-state index in [1.807, 2.05) is 26.8 Å². The number of carbonyl (C=O) groups excluding carboxylic acids is 2. The van der Waals surface area contributed by atoms with Gasteiger partial charge in [-0.15, -0.1) is 0 Å². The number of rotatable bonds is 5. The molecule has 2 amide bonds. The number of nitrogens with zero attached hydrogens (tertiary/aromatic N) is 2. The number of likely N-dealkylation sites (tertiary alicyclic amines) is 2. The lowest BCUT2D eigenvalue weighted by molar-refractivity contribution is -0.127. The second kappa shape index (κ2) is 10.3. The van der Waals surface area contributed by atoms with Gasteiger partial charge in [0.2, 0.25) is 5.91 Å². The highest BCUT2D eigenvalue weighted by Gasteiger charge is 2.29. The van der Waals surface area contributed by atoms with E-state index in [1.165, 1.54) is 5.56 Å². The molecule has 2 atom stereocenters. The third-order valence-corrected chi connectivity index (χ3v) is 5.86. The van der Waals surface area contributed by atoms with E-state index in [2.05, 4.69) is 34.5 Å². The molecule has 0 saturated carbocycles. The molecule has 0 bridgehead atoms. The molecule has 0 aliphatic carbocycles. The largest absolute Gasteiger partial charge is 0.444 e. The van der Waals surface area contributed by atoms with Crippen molar-refractivity contribution < 1.29 is 14.3 Å². The van der Waals surface area contributed by atoms with Gasteiger partial charge in [0.15, 0.2) is 0 Å². The summed E-state index contributed by atoms with van der Waals surface area (Å²) in [5.74, 6) is 0.495. The summed E-state index contributed by atoms with van der Waals surface area (Å²) in [6, 6.07) is 10.4. The number of carbonyl (C=O) groups is 2. The lowest BCUT2D eigenvalue weighted by Crippen LogP contribution is -2.47. The molecule has 1 aromatic rings. The Labute approximate surface area is 180 Å². The van der Waals surface area contributed by atoms with Gasteiger partial charge in [-0.25, -0.2) is 4.79 Å². The van der Waals surface area contributed by atoms with Crippen LogP contribution in [0.4, 0.5) is 4.79 Å². The highest BCUT2D eigenvalue weighted by atomic mass is 16.6. The van der Waals surface area contributed by atoms with Crippen molar-refractivity contribution in [2.75, 3.05) is 32.7 Å². The molecule has 1 aromatic carbocycles. The average molecular weight is 416 g/mol. The highest BCUT2D eigenvalue weighted by molar-refractivity contribution is 5.79. The molecule has 0 aromatic heterocycles. The standard InChI is InChI=1S/C24H37N3O3/c1-24(2,3)30-23(29)27-14-7-11-20(17-27)15-25-22(28)21-12-8-13-26(18-21)16-19-9-5-4-6-10-19/h4-6,9-10,20-21H,7-8,11-18H2,1-3H3,(H,25,28). The predicted molar refractivity (Wildman–Crippen MR) is 118 cm³/mol. The van der Waals surface area contributed by atoms with Gasteiger partial charge in [0.25, 0.3) is 0 Å². The summed E-state index contributed by atoms with van der Waals surface area (Å²) >= 11 is 0. The minimum Gasteiger partial charge on any atom is -0.444 e. The van der Waals surface area contributed by atoms with Crippen LogP contribution in [0.3, 0.4) is 0 Å². The molecular weight excluding hydrogens is 378 g/mol. The fourth-order valence-corrected chi connectivity index (χ4v) is 4.37. The Bertz CT molecular complexity index is 701. The second-order valence-corrected chi connectivity index (χ2v) is 9.74. The quantitative estimate of drug-likeness (QED) is 0.797. The van der Waals surface area contributed by atoms with Crippen LogP contribution in [0.15, 0.2) is 30.3 Å². The van der Waals surface area contributed by atoms with E-state index in [1.54, 1.807) is 4.90 Å². The summed E-state index contributed by atoms with van der Waals surface area (Å²) in [5.41, 5.74) is 0.813. The second-order valence-electron chi connectivity index (χ2n) is 9.74. The number of amides is 2. The highest BCUT2D eigenvalue weighted by Crippen LogP contribution is 2.21. The molecule has 2 aliphatic rings. The average Bonchev–Trinajstić information content (AvgIpc) is 2.72. The molecule has 2 fully saturated rings. The summed E-state index contributed by atoms with van der Waals surface area (Å²) in [7, 11) is 0. The molecule has 6 heteroatoms. The zero-order chi connectivity index (χ0) is 21.6. The van der Waals surface area contributed by atoms with Crippen LogP contribution in [0.2, 0.25) is 0 Å². The van der Waals surface area contributed by atoms with Gasteiger partial charge in [-0.2, -0.15) is 0 Å². The maximum Gasteiger partial charge on any atom is 0.410 e. The summed E-state index contributed by atoms with van der Waals surface area (Å²) in [4.78, 5) is 29.3. The fourth-order valence-electron chi connectivity index (χ4n) is 4.37. The molecule has 30 heavy (non-hydrogen) atoms. The number of hydrogen-bond acceptors (Lipinski definition) is 4. The topological polar surface area (TPSA) is 61.9 Å². The van der Waals surface area contributed by atoms with Crippen LogP contribution < -0.4 is 5.32 Å². The maximum absolute atomic E-state index is 12.8. The van der Waals surface area contributed by atoms with Crippen LogP contribution in [0.5, 0.6) is 0 Å². The zero-order valence-corrected chi connectivity index (χ0v) is 18.7. The summed E-state index contributed by atoms with van der Waals surface area (Å²) in [5, 5.41) is 3.17. The zero-order valence-electron chi connectivity index (χ0n) is 18.7. The Kier molecular flexibility index (Phi) is 7.75. The Morgan fingerprint density at radius 3 is 2.53 bits per heavy atom. The van der Waals surface area contributed by atoms with Crippen LogP contribution in [-0.4, -0.2) is 60.1 Å². The van der Waals surface area contributed by atoms with Crippen molar-refractivity contribution in [1.29, 1.82) is 0 Å². The molecule has 1 N–H and O–H groups in total. The van der Waals surface area contributed by atoms with Crippen LogP contribution in [0, 0.1) is 11.8 Å². The van der Waals surface area contributed by atoms with Crippen molar-refractivity contribution in [2.45, 2.75) is 58.6 Å². The normalized spacial score (nSPS) is 23.1. The SMILES string of the molecule is CC(C)(C)OC(=O)N1CCCC(CNC(=O)C2CCCN(Cc3ccccc3)C2)C1. The molecule has 3 rings (SSSR count). The number of hydrogen-bond donors (Lipinski definition) is 1. The van der Waals surface area contributed by atoms with Crippen molar-refractivity contribution in [3.8, 4) is 0 Å². The van der Waals surface area contributed by atoms with Crippen LogP contribution >= 0.6 is 0 Å². The monoisotopic (exact) mass is 415 g/mol. The first-order valence-electron chi connectivity index (χ1n) is 11.3. The lowest BCUT2D eigenvalue weighted by atomic mass is 9.95. The van der Waals surface area contributed by atoms with Crippen molar-refractivity contribution in [3.05, 3.63) is 35.9 Å². The Hall–Kier alpha value is -2.08. The third-order valence-electron chi connectivity index (χ3n) is 5.86. The lowest BCUT2D eigenvalue weighted by Gasteiger charge is -2.35. The minimum absolute atomic E-state index is 0.0491. The van der Waals surface area contributed by atoms with E-state index in [-0.39, 0.29) is 17.9 Å². The maximum atomic E-state index is 12.8. The van der Waals surface area contributed by atoms with E-state index in [0.29, 0.717) is 19.0 Å². The van der Waals surface area contributed by atoms with Crippen molar-refractivity contribution in [2.24, 2.45) is 11.8 Å². The van der Waals surface area contributed by atoms with E-state index >= 15 is 0 Å². The van der Waals surface area contributed by atoms with E-state index in [0.717, 1.165) is 51.9 Å². The van der Waals surface area contributed by atoms with Gasteiger partial charge in [0, 0.05) is 32.7 Å². The van der Waals surface area contributed by atoms with Gasteiger partial charge in [-0.1, -0.05) is 30.3 Å². The van der Waals surface area contributed by atoms with Gasteiger partial charge < -0.3 is 15.0 Å². The number of ether oxygens (including phenoxy) is 1. The van der Waals surface area contributed by atoms with Gasteiger partial charge in [0.1, 0.15) is 5.60 Å². The molecular formula is C24H37N3O3. The third kappa shape index (κ3) is 7.01. The molecule has 0 spiro atoms. The van der Waals surface area contributed by atoms with Crippen molar-refractivity contribution in [3.63, 3.8) is 0 Å². The number of nitrogens with one attached hydrogen (secondary N) is 1. The Morgan fingerprint density at radius 2 is 1.80 bits per heavy atom. The number of piperidine rings is 2. The van der Waals surface area contributed by atoms with Crippen LogP contribution in [0.1, 0.15) is 52.0 Å². The van der Waals surface area contributed by atoms with Crippen molar-refractivity contribution in [1.82, 2.24) is 15.1 Å². The fraction of sp³-hybridized carbons (Fsp3) is 0.667. The first kappa shape index (κ1) is 22.6. The molecule has 166 valence electrons. The first-order valence-corrected chi connectivity index (χ1v) is 11.3. The molecule has 2 aliphatic heterocycles. The number of benzene rings is 1. The molecule has 0 radical (unpaired) electrons. The van der Waals surface area contributed by atoms with Gasteiger partial charge in [0.05, 0.1) is 5.92 Å². The molecule has 2 saturated heterocycles. The van der Waals surface area contributed by atoms with E-state index < -0.39 is 5.60 Å². The van der Waals surface area contributed by atoms with Gasteiger partial charge in [-0.3, -0.25) is 9.69 Å². The first-order chi connectivity index (χ1) is 14.3. The molecule has 2 unspecified atom stereocenters. The minimum atomic E-state index is -0.481. The summed E-state index contributed by atoms with van der Waals surface area (Å²) < 4.78 is 5.50. The van der Waals surface area contributed by atoms with Crippen LogP contribution in [0.25, 0.3) is 0 Å². The van der Waals surface area contributed by atoms with E-state index in [4.69, 9.17) is 4.74 Å².